The summed E-state index contributed by atoms with van der Waals surface area (Å²) < 4.78 is 2.80. The van der Waals surface area contributed by atoms with E-state index < -0.39 is 12.1 Å². The topological polar surface area (TPSA) is 133 Å². The zero-order valence-electron chi connectivity index (χ0n) is 14.8. The average Bonchev–Trinajstić information content (AvgIpc) is 2.66. The number of rotatable bonds is 8. The van der Waals surface area contributed by atoms with Gasteiger partial charge >= 0.3 is 12.1 Å². The molecule has 0 radical (unpaired) electrons. The van der Waals surface area contributed by atoms with Crippen molar-refractivity contribution in [3.8, 4) is 0 Å². The number of hydrogen-bond acceptors (Lipinski definition) is 5. The lowest BCUT2D eigenvalue weighted by Gasteiger charge is -2.03. The number of nitrogens with zero attached hydrogens (tertiary/aromatic N) is 6. The van der Waals surface area contributed by atoms with Crippen molar-refractivity contribution in [1.29, 1.82) is 0 Å². The maximum absolute atomic E-state index is 11.1. The van der Waals surface area contributed by atoms with Crippen molar-refractivity contribution >= 4 is 18.4 Å². The Balaban J connectivity index is 0.00000392. The van der Waals surface area contributed by atoms with Gasteiger partial charge in [-0.2, -0.15) is 9.91 Å². The third-order valence-corrected chi connectivity index (χ3v) is 3.45. The summed E-state index contributed by atoms with van der Waals surface area (Å²) in [6.07, 6.45) is 3.70. The van der Waals surface area contributed by atoms with Crippen molar-refractivity contribution in [2.75, 3.05) is 6.54 Å². The highest BCUT2D eigenvalue weighted by Gasteiger charge is 2.16. The predicted molar refractivity (Wildman–Crippen MR) is 94.2 cm³/mol. The van der Waals surface area contributed by atoms with E-state index in [1.807, 2.05) is 0 Å². The summed E-state index contributed by atoms with van der Waals surface area (Å²) >= 11 is 0. The molecule has 0 fully saturated rings. The molecule has 0 bridgehead atoms. The van der Waals surface area contributed by atoms with E-state index in [9.17, 15) is 9.59 Å². The highest BCUT2D eigenvalue weighted by molar-refractivity contribution is 5.66. The molecule has 0 spiro atoms. The van der Waals surface area contributed by atoms with Gasteiger partial charge in [0.15, 0.2) is 23.7 Å². The van der Waals surface area contributed by atoms with Crippen LogP contribution in [0.1, 0.15) is 12.1 Å². The molecule has 2 heterocycles. The van der Waals surface area contributed by atoms with Crippen molar-refractivity contribution in [2.24, 2.45) is 20.4 Å². The number of carboxylic acid groups (broad SMARTS) is 2. The van der Waals surface area contributed by atoms with Crippen LogP contribution in [0.2, 0.25) is 0 Å². The number of carboxylic acids is 1. The molecule has 0 saturated heterocycles. The van der Waals surface area contributed by atoms with Gasteiger partial charge in [0.05, 0.1) is 19.4 Å². The Morgan fingerprint density at radius 3 is 2.68 bits per heavy atom. The van der Waals surface area contributed by atoms with E-state index in [4.69, 9.17) is 10.2 Å². The second-order valence-corrected chi connectivity index (χ2v) is 5.30. The average molecular weight is 407 g/mol. The van der Waals surface area contributed by atoms with Gasteiger partial charge in [-0.05, 0) is 12.1 Å². The maximum atomic E-state index is 11.1. The number of azo groups is 1. The molecule has 2 aromatic rings. The van der Waals surface area contributed by atoms with Crippen LogP contribution in [0, 0.1) is 0 Å². The van der Waals surface area contributed by atoms with Crippen LogP contribution in [0.3, 0.4) is 0 Å². The fraction of sp³-hybridized carbons (Fsp3) is 0.235. The Labute approximate surface area is 166 Å². The number of carbonyl (C=O) groups is 2. The quantitative estimate of drug-likeness (QED) is 0.178. The van der Waals surface area contributed by atoms with Crippen LogP contribution in [0.15, 0.2) is 69.2 Å². The first-order chi connectivity index (χ1) is 13.1. The predicted octanol–water partition coefficient (Wildman–Crippen LogP) is -1.68. The van der Waals surface area contributed by atoms with Crippen LogP contribution in [0.4, 0.5) is 4.79 Å². The summed E-state index contributed by atoms with van der Waals surface area (Å²) in [6, 6.07) is 10.3. The Bertz CT molecular complexity index is 926. The molecule has 148 valence electrons. The van der Waals surface area contributed by atoms with E-state index in [-0.39, 0.29) is 25.4 Å². The second-order valence-electron chi connectivity index (χ2n) is 5.30. The number of pyridine rings is 2. The van der Waals surface area contributed by atoms with Crippen LogP contribution in [-0.2, 0) is 17.8 Å². The molecule has 0 aliphatic carbocycles. The van der Waals surface area contributed by atoms with Gasteiger partial charge in [0.25, 0.3) is 0 Å². The molecule has 0 aliphatic heterocycles. The van der Waals surface area contributed by atoms with Crippen molar-refractivity contribution in [3.05, 3.63) is 60.0 Å². The molecular weight excluding hydrogens is 388 g/mol. The third kappa shape index (κ3) is 7.46. The van der Waals surface area contributed by atoms with Crippen LogP contribution >= 0.6 is 0 Å². The SMILES string of the molecule is O=C(O)CCn1ccccc1=NN=CN=NCCc1cccc[n+]1C(=O)O.[Cl-]. The summed E-state index contributed by atoms with van der Waals surface area (Å²) in [4.78, 5) is 21.8. The van der Waals surface area contributed by atoms with E-state index in [0.717, 1.165) is 4.57 Å². The standard InChI is InChI=1S/C17H18N6O4.ClH/c24-16(25)8-12-22-10-3-2-6-15(22)21-20-13-19-18-9-7-14-5-1-4-11-23(14)17(26)27;/h1-6,10-11,13H,7-9,12H2,(H-,24,25,26,27);1H. The molecule has 11 heteroatoms. The van der Waals surface area contributed by atoms with Crippen molar-refractivity contribution in [1.82, 2.24) is 4.57 Å². The van der Waals surface area contributed by atoms with Gasteiger partial charge in [-0.25, -0.2) is 0 Å². The van der Waals surface area contributed by atoms with E-state index in [1.165, 1.54) is 12.5 Å². The molecule has 2 N–H and O–H groups in total. The maximum Gasteiger partial charge on any atom is 0.599 e. The van der Waals surface area contributed by atoms with Gasteiger partial charge in [-0.15, -0.1) is 15.3 Å². The summed E-state index contributed by atoms with van der Waals surface area (Å²) in [5.41, 5.74) is 1.10. The smallest absolute Gasteiger partial charge is 0.599 e. The molecule has 0 aromatic carbocycles. The first-order valence-electron chi connectivity index (χ1n) is 8.10. The van der Waals surface area contributed by atoms with Crippen LogP contribution < -0.4 is 22.5 Å². The minimum atomic E-state index is -1.05. The lowest BCUT2D eigenvalue weighted by atomic mass is 10.2. The van der Waals surface area contributed by atoms with Gasteiger partial charge in [0, 0.05) is 24.9 Å². The molecule has 0 saturated carbocycles. The van der Waals surface area contributed by atoms with Crippen LogP contribution in [0.25, 0.3) is 0 Å². The number of aromatic nitrogens is 2. The second kappa shape index (κ2) is 12.1. The number of halogens is 1. The van der Waals surface area contributed by atoms with Crippen molar-refractivity contribution < 1.29 is 36.8 Å². The molecule has 28 heavy (non-hydrogen) atoms. The first kappa shape index (κ1) is 22.6. The van der Waals surface area contributed by atoms with Gasteiger partial charge in [-0.1, -0.05) is 16.7 Å². The summed E-state index contributed by atoms with van der Waals surface area (Å²) in [6.45, 7) is 0.583. The summed E-state index contributed by atoms with van der Waals surface area (Å²) in [5, 5.41) is 33.3. The Morgan fingerprint density at radius 1 is 1.14 bits per heavy atom. The normalized spacial score (nSPS) is 11.6. The van der Waals surface area contributed by atoms with Gasteiger partial charge in [0.2, 0.25) is 0 Å². The zero-order chi connectivity index (χ0) is 19.5. The van der Waals surface area contributed by atoms with Crippen LogP contribution in [0.5, 0.6) is 0 Å². The first-order valence-corrected chi connectivity index (χ1v) is 8.10. The van der Waals surface area contributed by atoms with Crippen LogP contribution in [-0.4, -0.2) is 39.7 Å². The van der Waals surface area contributed by atoms with Crippen molar-refractivity contribution in [3.63, 3.8) is 0 Å². The molecule has 2 aromatic heterocycles. The fourth-order valence-corrected chi connectivity index (χ4v) is 2.20. The van der Waals surface area contributed by atoms with Gasteiger partial charge < -0.3 is 27.2 Å². The molecule has 0 aliphatic rings. The summed E-state index contributed by atoms with van der Waals surface area (Å²) in [7, 11) is 0. The lowest BCUT2D eigenvalue weighted by Crippen LogP contribution is -3.00. The monoisotopic (exact) mass is 406 g/mol. The fourth-order valence-electron chi connectivity index (χ4n) is 2.20. The number of aliphatic carboxylic acids is 1. The summed E-state index contributed by atoms with van der Waals surface area (Å²) in [5.74, 6) is -0.891. The molecule has 2 rings (SSSR count). The van der Waals surface area contributed by atoms with E-state index in [2.05, 4.69) is 20.4 Å². The number of aryl methyl sites for hydroxylation is 1. The number of hydrogen-bond donors (Lipinski definition) is 2. The molecular formula is C17H19ClN6O4. The minimum Gasteiger partial charge on any atom is -1.00 e. The van der Waals surface area contributed by atoms with Gasteiger partial charge in [-0.3, -0.25) is 4.79 Å². The lowest BCUT2D eigenvalue weighted by molar-refractivity contribution is -0.592. The largest absolute Gasteiger partial charge is 1.00 e. The van der Waals surface area contributed by atoms with E-state index in [0.29, 0.717) is 24.1 Å². The highest BCUT2D eigenvalue weighted by Crippen LogP contribution is 1.94. The highest BCUT2D eigenvalue weighted by atomic mass is 35.5. The van der Waals surface area contributed by atoms with E-state index in [1.54, 1.807) is 47.2 Å². The third-order valence-electron chi connectivity index (χ3n) is 3.45. The van der Waals surface area contributed by atoms with E-state index >= 15 is 0 Å². The molecule has 10 nitrogen and oxygen atoms in total. The minimum absolute atomic E-state index is 0. The Kier molecular flexibility index (Phi) is 9.76. The molecule has 0 amide bonds. The molecule has 0 atom stereocenters. The Morgan fingerprint density at radius 2 is 1.93 bits per heavy atom. The van der Waals surface area contributed by atoms with Gasteiger partial charge in [0.1, 0.15) is 0 Å². The zero-order valence-corrected chi connectivity index (χ0v) is 15.6. The Hall–Kier alpha value is -3.40. The van der Waals surface area contributed by atoms with Crippen molar-refractivity contribution in [2.45, 2.75) is 19.4 Å². The molecule has 0 unspecified atom stereocenters.